The Kier molecular flexibility index (Phi) is 6.49. The fourth-order valence-corrected chi connectivity index (χ4v) is 4.60. The van der Waals surface area contributed by atoms with Crippen LogP contribution in [0, 0.1) is 11.7 Å². The number of hydrogen-bond donors (Lipinski definition) is 4. The smallest absolute Gasteiger partial charge is 0.273 e. The highest BCUT2D eigenvalue weighted by Gasteiger charge is 2.24. The number of carbonyl (C=O) groups is 2. The Bertz CT molecular complexity index is 1340. The average molecular weight is 540 g/mol. The van der Waals surface area contributed by atoms with Gasteiger partial charge in [-0.15, -0.1) is 0 Å². The lowest BCUT2D eigenvalue weighted by atomic mass is 9.97. The number of H-pyrrole nitrogens is 2. The fraction of sp³-hybridized carbons (Fsp3) is 0.250. The summed E-state index contributed by atoms with van der Waals surface area (Å²) in [4.78, 5) is 35.3. The van der Waals surface area contributed by atoms with Crippen molar-refractivity contribution in [3.8, 4) is 0 Å². The molecule has 4 N–H and O–H groups in total. The monoisotopic (exact) mass is 539 g/mol. The summed E-state index contributed by atoms with van der Waals surface area (Å²) in [5, 5.41) is 12.1. The molecule has 2 aromatic heterocycles. The molecule has 2 amide bonds. The molecule has 0 bridgehead atoms. The predicted molar refractivity (Wildman–Crippen MR) is 134 cm³/mol. The van der Waals surface area contributed by atoms with Crippen LogP contribution in [0.1, 0.15) is 33.7 Å². The van der Waals surface area contributed by atoms with E-state index in [1.165, 1.54) is 18.2 Å². The second-order valence-corrected chi connectivity index (χ2v) is 9.21. The molecule has 1 aliphatic heterocycles. The fourth-order valence-electron chi connectivity index (χ4n) is 4.15. The first-order valence-corrected chi connectivity index (χ1v) is 12.1. The SMILES string of the molecule is O=C(Nc1[nH]nc(C(=O)NCC2CCN(c3nc4ccccc4[nH]3)CC2)c1Br)c1ccccc1F. The molecule has 0 saturated carbocycles. The minimum atomic E-state index is -0.643. The van der Waals surface area contributed by atoms with Crippen molar-refractivity contribution in [1.29, 1.82) is 0 Å². The van der Waals surface area contributed by atoms with Crippen molar-refractivity contribution < 1.29 is 14.0 Å². The van der Waals surface area contributed by atoms with Gasteiger partial charge in [0.2, 0.25) is 5.95 Å². The van der Waals surface area contributed by atoms with Gasteiger partial charge in [-0.2, -0.15) is 5.10 Å². The van der Waals surface area contributed by atoms with E-state index in [9.17, 15) is 14.0 Å². The van der Waals surface area contributed by atoms with E-state index in [1.807, 2.05) is 24.3 Å². The Balaban J connectivity index is 1.14. The lowest BCUT2D eigenvalue weighted by Crippen LogP contribution is -2.39. The summed E-state index contributed by atoms with van der Waals surface area (Å²) in [5.41, 5.74) is 1.99. The minimum absolute atomic E-state index is 0.103. The third kappa shape index (κ3) is 4.90. The number of nitrogens with zero attached hydrogens (tertiary/aromatic N) is 3. The van der Waals surface area contributed by atoms with Gasteiger partial charge in [0.15, 0.2) is 5.69 Å². The number of para-hydroxylation sites is 2. The molecule has 9 nitrogen and oxygen atoms in total. The molecule has 1 fully saturated rings. The van der Waals surface area contributed by atoms with Crippen molar-refractivity contribution in [3.05, 3.63) is 70.1 Å². The molecule has 0 radical (unpaired) electrons. The highest BCUT2D eigenvalue weighted by molar-refractivity contribution is 9.10. The van der Waals surface area contributed by atoms with E-state index in [1.54, 1.807) is 6.07 Å². The molecule has 3 heterocycles. The van der Waals surface area contributed by atoms with Gasteiger partial charge in [0, 0.05) is 19.6 Å². The number of rotatable bonds is 6. The van der Waals surface area contributed by atoms with E-state index in [4.69, 9.17) is 0 Å². The number of imidazole rings is 1. The largest absolute Gasteiger partial charge is 0.350 e. The van der Waals surface area contributed by atoms with Gasteiger partial charge in [0.05, 0.1) is 21.1 Å². The molecule has 180 valence electrons. The van der Waals surface area contributed by atoms with Crippen LogP contribution >= 0.6 is 15.9 Å². The molecular formula is C24H23BrFN7O2. The maximum absolute atomic E-state index is 13.9. The predicted octanol–water partition coefficient (Wildman–Crippen LogP) is 4.09. The first-order valence-electron chi connectivity index (χ1n) is 11.3. The zero-order valence-corrected chi connectivity index (χ0v) is 20.2. The molecule has 1 aliphatic rings. The quantitative estimate of drug-likeness (QED) is 0.294. The Labute approximate surface area is 208 Å². The Morgan fingerprint density at radius 2 is 1.83 bits per heavy atom. The molecule has 0 aliphatic carbocycles. The van der Waals surface area contributed by atoms with Gasteiger partial charge in [-0.3, -0.25) is 14.7 Å². The zero-order chi connectivity index (χ0) is 24.4. The molecule has 5 rings (SSSR count). The number of anilines is 2. The second-order valence-electron chi connectivity index (χ2n) is 8.41. The van der Waals surface area contributed by atoms with Crippen molar-refractivity contribution >= 4 is 50.5 Å². The summed E-state index contributed by atoms with van der Waals surface area (Å²) >= 11 is 3.31. The van der Waals surface area contributed by atoms with Crippen molar-refractivity contribution in [2.45, 2.75) is 12.8 Å². The number of carbonyl (C=O) groups excluding carboxylic acids is 2. The van der Waals surface area contributed by atoms with Crippen molar-refractivity contribution in [2.75, 3.05) is 29.9 Å². The summed E-state index contributed by atoms with van der Waals surface area (Å²) in [6.45, 7) is 2.21. The van der Waals surface area contributed by atoms with Crippen LogP contribution < -0.4 is 15.5 Å². The van der Waals surface area contributed by atoms with Crippen LogP contribution in [0.15, 0.2) is 53.0 Å². The third-order valence-electron chi connectivity index (χ3n) is 6.12. The number of aromatic amines is 2. The van der Waals surface area contributed by atoms with E-state index in [-0.39, 0.29) is 23.0 Å². The van der Waals surface area contributed by atoms with E-state index >= 15 is 0 Å². The number of piperidine rings is 1. The maximum Gasteiger partial charge on any atom is 0.273 e. The molecule has 2 aromatic carbocycles. The molecule has 35 heavy (non-hydrogen) atoms. The molecule has 11 heteroatoms. The molecule has 0 atom stereocenters. The summed E-state index contributed by atoms with van der Waals surface area (Å²) in [6, 6.07) is 13.6. The topological polar surface area (TPSA) is 119 Å². The Morgan fingerprint density at radius 1 is 1.09 bits per heavy atom. The van der Waals surface area contributed by atoms with Gasteiger partial charge in [-0.05, 0) is 59.0 Å². The Hall–Kier alpha value is -3.73. The number of halogens is 2. The third-order valence-corrected chi connectivity index (χ3v) is 6.89. The lowest BCUT2D eigenvalue weighted by Gasteiger charge is -2.31. The Morgan fingerprint density at radius 3 is 2.60 bits per heavy atom. The second kappa shape index (κ2) is 9.87. The van der Waals surface area contributed by atoms with Crippen molar-refractivity contribution in [1.82, 2.24) is 25.5 Å². The van der Waals surface area contributed by atoms with Gasteiger partial charge in [0.1, 0.15) is 11.6 Å². The van der Waals surface area contributed by atoms with E-state index in [2.05, 4.69) is 51.6 Å². The first-order chi connectivity index (χ1) is 17.0. The van der Waals surface area contributed by atoms with Crippen LogP contribution in [-0.2, 0) is 0 Å². The van der Waals surface area contributed by atoms with Gasteiger partial charge in [-0.1, -0.05) is 24.3 Å². The van der Waals surface area contributed by atoms with Gasteiger partial charge >= 0.3 is 0 Å². The number of fused-ring (bicyclic) bond motifs is 1. The van der Waals surface area contributed by atoms with E-state index in [0.29, 0.717) is 16.9 Å². The summed E-state index contributed by atoms with van der Waals surface area (Å²) in [7, 11) is 0. The average Bonchev–Trinajstić information content (AvgIpc) is 3.47. The lowest BCUT2D eigenvalue weighted by molar-refractivity contribution is 0.0938. The highest BCUT2D eigenvalue weighted by Crippen LogP contribution is 2.26. The van der Waals surface area contributed by atoms with Gasteiger partial charge in [-0.25, -0.2) is 9.37 Å². The molecule has 1 saturated heterocycles. The first kappa shape index (κ1) is 23.0. The van der Waals surface area contributed by atoms with E-state index < -0.39 is 11.7 Å². The standard InChI is InChI=1S/C24H23BrFN7O2/c25-19-20(31-32-21(19)30-22(34)15-5-1-2-6-16(15)26)23(35)27-13-14-9-11-33(12-10-14)24-28-17-7-3-4-8-18(17)29-24/h1-8,14H,9-13H2,(H,27,35)(H,28,29)(H2,30,31,32,34). The number of nitrogens with one attached hydrogen (secondary N) is 4. The number of amides is 2. The van der Waals surface area contributed by atoms with Crippen LogP contribution in [0.5, 0.6) is 0 Å². The molecule has 0 spiro atoms. The molecule has 4 aromatic rings. The van der Waals surface area contributed by atoms with Gasteiger partial charge in [0.25, 0.3) is 11.8 Å². The van der Waals surface area contributed by atoms with Crippen LogP contribution in [0.2, 0.25) is 0 Å². The number of aromatic nitrogens is 4. The zero-order valence-electron chi connectivity index (χ0n) is 18.6. The highest BCUT2D eigenvalue weighted by atomic mass is 79.9. The summed E-state index contributed by atoms with van der Waals surface area (Å²) < 4.78 is 14.2. The normalized spacial score (nSPS) is 14.3. The van der Waals surface area contributed by atoms with Crippen molar-refractivity contribution in [3.63, 3.8) is 0 Å². The van der Waals surface area contributed by atoms with Gasteiger partial charge < -0.3 is 20.5 Å². The number of hydrogen-bond acceptors (Lipinski definition) is 5. The van der Waals surface area contributed by atoms with Crippen molar-refractivity contribution in [2.24, 2.45) is 5.92 Å². The van der Waals surface area contributed by atoms with E-state index in [0.717, 1.165) is 42.9 Å². The molecule has 0 unspecified atom stereocenters. The van der Waals surface area contributed by atoms with Crippen LogP contribution in [0.25, 0.3) is 11.0 Å². The summed E-state index contributed by atoms with van der Waals surface area (Å²) in [5.74, 6) is -0.251. The summed E-state index contributed by atoms with van der Waals surface area (Å²) in [6.07, 6.45) is 1.84. The minimum Gasteiger partial charge on any atom is -0.350 e. The number of benzene rings is 2. The molecular weight excluding hydrogens is 517 g/mol. The maximum atomic E-state index is 13.9. The van der Waals surface area contributed by atoms with Crippen LogP contribution in [0.3, 0.4) is 0 Å². The van der Waals surface area contributed by atoms with Crippen LogP contribution in [-0.4, -0.2) is 51.6 Å². The van der Waals surface area contributed by atoms with Crippen LogP contribution in [0.4, 0.5) is 16.2 Å².